The first-order valence-corrected chi connectivity index (χ1v) is 10.5. The summed E-state index contributed by atoms with van der Waals surface area (Å²) in [6, 6.07) is 40.6. The quantitative estimate of drug-likeness (QED) is 0.303. The number of fused-ring (bicyclic) bond motifs is 3. The third-order valence-electron chi connectivity index (χ3n) is 5.88. The van der Waals surface area contributed by atoms with Crippen molar-refractivity contribution < 1.29 is 0 Å². The molecule has 2 aromatic heterocycles. The molecule has 2 heteroatoms. The Bertz CT molecular complexity index is 1460. The molecule has 0 radical (unpaired) electrons. The predicted octanol–water partition coefficient (Wildman–Crippen LogP) is 7.51. The number of hydrogen-bond acceptors (Lipinski definition) is 1. The molecule has 4 aromatic carbocycles. The molecular weight excluding hydrogens is 376 g/mol. The van der Waals surface area contributed by atoms with Crippen molar-refractivity contribution in [2.24, 2.45) is 0 Å². The van der Waals surface area contributed by atoms with Crippen LogP contribution < -0.4 is 0 Å². The molecule has 6 aromatic rings. The topological polar surface area (TPSA) is 17.8 Å². The van der Waals surface area contributed by atoms with Gasteiger partial charge in [-0.2, -0.15) is 0 Å². The minimum absolute atomic E-state index is 0.990. The minimum Gasteiger partial charge on any atom is -0.309 e. The Balaban J connectivity index is 1.50. The van der Waals surface area contributed by atoms with Crippen molar-refractivity contribution in [2.75, 3.05) is 0 Å². The third-order valence-corrected chi connectivity index (χ3v) is 5.88. The molecule has 2 heterocycles. The van der Waals surface area contributed by atoms with Gasteiger partial charge in [0.2, 0.25) is 0 Å². The Labute approximate surface area is 181 Å². The van der Waals surface area contributed by atoms with Crippen LogP contribution in [0.3, 0.4) is 0 Å². The van der Waals surface area contributed by atoms with Crippen LogP contribution in [0.15, 0.2) is 121 Å². The second-order valence-electron chi connectivity index (χ2n) is 7.68. The van der Waals surface area contributed by atoms with Crippen LogP contribution in [-0.2, 0) is 0 Å². The molecule has 2 nitrogen and oxygen atoms in total. The molecule has 0 aliphatic carbocycles. The third kappa shape index (κ3) is 2.92. The van der Waals surface area contributed by atoms with Crippen LogP contribution in [0, 0.1) is 0 Å². The van der Waals surface area contributed by atoms with Crippen LogP contribution in [0.1, 0.15) is 0 Å². The lowest BCUT2D eigenvalue weighted by Gasteiger charge is -2.12. The van der Waals surface area contributed by atoms with Gasteiger partial charge in [-0.15, -0.1) is 0 Å². The first-order valence-electron chi connectivity index (χ1n) is 10.5. The Hall–Kier alpha value is -4.17. The highest BCUT2D eigenvalue weighted by molar-refractivity contribution is 6.09. The van der Waals surface area contributed by atoms with Gasteiger partial charge in [-0.3, -0.25) is 4.98 Å². The van der Waals surface area contributed by atoms with Crippen LogP contribution in [0.25, 0.3) is 49.9 Å². The lowest BCUT2D eigenvalue weighted by Crippen LogP contribution is -1.94. The van der Waals surface area contributed by atoms with Crippen molar-refractivity contribution >= 4 is 21.8 Å². The van der Waals surface area contributed by atoms with Gasteiger partial charge in [-0.05, 0) is 47.5 Å². The molecule has 0 atom stereocenters. The number of nitrogens with zero attached hydrogens (tertiary/aromatic N) is 2. The number of hydrogen-bond donors (Lipinski definition) is 0. The summed E-state index contributed by atoms with van der Waals surface area (Å²) >= 11 is 0. The molecule has 0 bridgehead atoms. The molecule has 6 rings (SSSR count). The van der Waals surface area contributed by atoms with E-state index in [1.165, 1.54) is 32.9 Å². The first-order chi connectivity index (χ1) is 15.4. The summed E-state index contributed by atoms with van der Waals surface area (Å²) in [5, 5.41) is 2.56. The van der Waals surface area contributed by atoms with Gasteiger partial charge < -0.3 is 4.57 Å². The summed E-state index contributed by atoms with van der Waals surface area (Å²) in [4.78, 5) is 4.56. The van der Waals surface area contributed by atoms with E-state index in [2.05, 4.69) is 113 Å². The van der Waals surface area contributed by atoms with Crippen LogP contribution in [-0.4, -0.2) is 9.55 Å². The monoisotopic (exact) mass is 396 g/mol. The molecule has 31 heavy (non-hydrogen) atoms. The highest BCUT2D eigenvalue weighted by Crippen LogP contribution is 2.34. The van der Waals surface area contributed by atoms with Gasteiger partial charge in [0, 0.05) is 28.2 Å². The normalized spacial score (nSPS) is 11.2. The van der Waals surface area contributed by atoms with Crippen molar-refractivity contribution in [1.82, 2.24) is 9.55 Å². The van der Waals surface area contributed by atoms with E-state index in [1.807, 2.05) is 18.3 Å². The number of benzene rings is 4. The molecular formula is C29H20N2. The Morgan fingerprint density at radius 3 is 1.71 bits per heavy atom. The number of pyridine rings is 1. The van der Waals surface area contributed by atoms with Crippen LogP contribution in [0.4, 0.5) is 0 Å². The fourth-order valence-corrected chi connectivity index (χ4v) is 4.47. The summed E-state index contributed by atoms with van der Waals surface area (Å²) in [6.07, 6.45) is 1.84. The highest BCUT2D eigenvalue weighted by Gasteiger charge is 2.12. The van der Waals surface area contributed by atoms with E-state index in [4.69, 9.17) is 0 Å². The van der Waals surface area contributed by atoms with Gasteiger partial charge in [0.05, 0.1) is 16.7 Å². The molecule has 146 valence electrons. The van der Waals surface area contributed by atoms with E-state index in [0.29, 0.717) is 0 Å². The van der Waals surface area contributed by atoms with Crippen molar-refractivity contribution in [2.45, 2.75) is 0 Å². The highest BCUT2D eigenvalue weighted by atomic mass is 15.0. The molecule has 0 aliphatic rings. The van der Waals surface area contributed by atoms with Crippen LogP contribution in [0.5, 0.6) is 0 Å². The van der Waals surface area contributed by atoms with Crippen molar-refractivity contribution in [3.8, 4) is 28.1 Å². The Morgan fingerprint density at radius 1 is 0.484 bits per heavy atom. The van der Waals surface area contributed by atoms with Crippen molar-refractivity contribution in [3.63, 3.8) is 0 Å². The van der Waals surface area contributed by atoms with E-state index in [0.717, 1.165) is 16.9 Å². The largest absolute Gasteiger partial charge is 0.309 e. The Kier molecular flexibility index (Phi) is 4.14. The second-order valence-corrected chi connectivity index (χ2v) is 7.68. The number of aromatic nitrogens is 2. The number of rotatable bonds is 3. The lowest BCUT2D eigenvalue weighted by atomic mass is 9.97. The molecule has 0 fully saturated rings. The average Bonchev–Trinajstić information content (AvgIpc) is 3.19. The van der Waals surface area contributed by atoms with E-state index < -0.39 is 0 Å². The smallest absolute Gasteiger partial charge is 0.0708 e. The number of para-hydroxylation sites is 2. The van der Waals surface area contributed by atoms with E-state index in [1.54, 1.807) is 0 Å². The van der Waals surface area contributed by atoms with Crippen molar-refractivity contribution in [3.05, 3.63) is 121 Å². The molecule has 0 aliphatic heterocycles. The van der Waals surface area contributed by atoms with E-state index >= 15 is 0 Å². The summed E-state index contributed by atoms with van der Waals surface area (Å²) in [5.41, 5.74) is 8.13. The van der Waals surface area contributed by atoms with Gasteiger partial charge in [0.15, 0.2) is 0 Å². The van der Waals surface area contributed by atoms with Gasteiger partial charge >= 0.3 is 0 Å². The standard InChI is InChI=1S/C29H20N2/c1-2-10-24(27-13-7-8-20-30-27)23(9-1)21-16-18-22(19-17-21)31-28-14-5-3-11-25(28)26-12-4-6-15-29(26)31/h1-20H. The molecule has 0 unspecified atom stereocenters. The molecule has 0 spiro atoms. The van der Waals surface area contributed by atoms with Gasteiger partial charge in [0.1, 0.15) is 0 Å². The Morgan fingerprint density at radius 2 is 1.06 bits per heavy atom. The van der Waals surface area contributed by atoms with Gasteiger partial charge in [-0.1, -0.05) is 78.9 Å². The minimum atomic E-state index is 0.990. The summed E-state index contributed by atoms with van der Waals surface area (Å²) in [6.45, 7) is 0. The maximum Gasteiger partial charge on any atom is 0.0708 e. The summed E-state index contributed by atoms with van der Waals surface area (Å²) in [7, 11) is 0. The van der Waals surface area contributed by atoms with E-state index in [9.17, 15) is 0 Å². The summed E-state index contributed by atoms with van der Waals surface area (Å²) in [5.74, 6) is 0. The molecule has 0 saturated heterocycles. The SMILES string of the molecule is c1ccc(-c2ccccc2-c2ccc(-n3c4ccccc4c4ccccc43)cc2)nc1. The second kappa shape index (κ2) is 7.26. The van der Waals surface area contributed by atoms with Gasteiger partial charge in [-0.25, -0.2) is 0 Å². The maximum atomic E-state index is 4.56. The molecule has 0 amide bonds. The van der Waals surface area contributed by atoms with E-state index in [-0.39, 0.29) is 0 Å². The zero-order chi connectivity index (χ0) is 20.6. The molecule has 0 N–H and O–H groups in total. The van der Waals surface area contributed by atoms with Gasteiger partial charge in [0.25, 0.3) is 0 Å². The fourth-order valence-electron chi connectivity index (χ4n) is 4.47. The maximum absolute atomic E-state index is 4.56. The van der Waals surface area contributed by atoms with Crippen LogP contribution >= 0.6 is 0 Å². The fraction of sp³-hybridized carbons (Fsp3) is 0. The summed E-state index contributed by atoms with van der Waals surface area (Å²) < 4.78 is 2.35. The van der Waals surface area contributed by atoms with Crippen LogP contribution in [0.2, 0.25) is 0 Å². The average molecular weight is 396 g/mol. The zero-order valence-corrected chi connectivity index (χ0v) is 16.9. The lowest BCUT2D eigenvalue weighted by molar-refractivity contribution is 1.18. The zero-order valence-electron chi connectivity index (χ0n) is 16.9. The molecule has 0 saturated carbocycles. The first kappa shape index (κ1) is 17.7. The van der Waals surface area contributed by atoms with Crippen molar-refractivity contribution in [1.29, 1.82) is 0 Å². The predicted molar refractivity (Wildman–Crippen MR) is 129 cm³/mol.